The molecule has 92 valence electrons. The van der Waals surface area contributed by atoms with E-state index in [4.69, 9.17) is 18.4 Å². The topological polar surface area (TPSA) is 158 Å². The van der Waals surface area contributed by atoms with E-state index in [0.29, 0.717) is 12.1 Å². The zero-order chi connectivity index (χ0) is 13.4. The number of phenolic OH excluding ortho intramolecular Hbond substituents is 1. The van der Waals surface area contributed by atoms with Gasteiger partial charge < -0.3 is 0 Å². The molecule has 0 aromatic heterocycles. The molecule has 0 saturated heterocycles. The fourth-order valence-electron chi connectivity index (χ4n) is 1.12. The van der Waals surface area contributed by atoms with Gasteiger partial charge in [0, 0.05) is 0 Å². The quantitative estimate of drug-likeness (QED) is 0.300. The predicted octanol–water partition coefficient (Wildman–Crippen LogP) is -1.44. The maximum atomic E-state index is 11.0. The molecule has 0 amide bonds. The second-order valence-electron chi connectivity index (χ2n) is 2.96. The Hall–Kier alpha value is -1.83. The standard InChI is InChI=1S/C7H6AsNO8/c10-6-1-3(7(11)12)4(8(13,14)15)2-5(6)9(16)17/h1-2,10H,(H,11,12)(H2,13,14,15). The number of nitro groups is 1. The van der Waals surface area contributed by atoms with Crippen molar-refractivity contribution in [3.05, 3.63) is 27.8 Å². The van der Waals surface area contributed by atoms with Crippen molar-refractivity contribution in [3.63, 3.8) is 0 Å². The summed E-state index contributed by atoms with van der Waals surface area (Å²) in [6, 6.07) is 0.814. The predicted molar refractivity (Wildman–Crippen MR) is 52.2 cm³/mol. The Morgan fingerprint density at radius 2 is 1.88 bits per heavy atom. The second-order valence-corrected chi connectivity index (χ2v) is 6.26. The van der Waals surface area contributed by atoms with Gasteiger partial charge in [0.1, 0.15) is 0 Å². The van der Waals surface area contributed by atoms with E-state index in [-0.39, 0.29) is 0 Å². The Morgan fingerprint density at radius 1 is 1.35 bits per heavy atom. The van der Waals surface area contributed by atoms with Gasteiger partial charge in [0.05, 0.1) is 0 Å². The minimum absolute atomic E-state index is 0.374. The van der Waals surface area contributed by atoms with E-state index in [0.717, 1.165) is 0 Å². The summed E-state index contributed by atoms with van der Waals surface area (Å²) in [5.74, 6) is -2.67. The third-order valence-corrected chi connectivity index (χ3v) is 3.93. The molecular weight excluding hydrogens is 301 g/mol. The van der Waals surface area contributed by atoms with Crippen molar-refractivity contribution in [2.75, 3.05) is 0 Å². The first kappa shape index (κ1) is 13.2. The fraction of sp³-hybridized carbons (Fsp3) is 0. The molecule has 10 heteroatoms. The summed E-state index contributed by atoms with van der Waals surface area (Å²) in [6.45, 7) is 0. The first-order valence-electron chi connectivity index (χ1n) is 3.95. The zero-order valence-corrected chi connectivity index (χ0v) is 9.85. The summed E-state index contributed by atoms with van der Waals surface area (Å²) in [5.41, 5.74) is -1.82. The molecule has 0 bridgehead atoms. The van der Waals surface area contributed by atoms with Crippen molar-refractivity contribution >= 4 is 30.2 Å². The number of rotatable bonds is 3. The van der Waals surface area contributed by atoms with Crippen molar-refractivity contribution in [1.29, 1.82) is 0 Å². The molecule has 0 aliphatic carbocycles. The van der Waals surface area contributed by atoms with Crippen molar-refractivity contribution in [2.45, 2.75) is 0 Å². The van der Waals surface area contributed by atoms with E-state index < -0.39 is 46.4 Å². The SMILES string of the molecule is O=C(O)c1cc(O)c([N+](=O)[O-])cc1[As](=O)(O)O. The Morgan fingerprint density at radius 3 is 2.24 bits per heavy atom. The molecule has 0 unspecified atom stereocenters. The number of aromatic hydroxyl groups is 1. The van der Waals surface area contributed by atoms with Crippen LogP contribution in [0.2, 0.25) is 0 Å². The van der Waals surface area contributed by atoms with Gasteiger partial charge in [-0.2, -0.15) is 0 Å². The molecule has 1 aromatic rings. The van der Waals surface area contributed by atoms with Crippen molar-refractivity contribution in [2.24, 2.45) is 0 Å². The van der Waals surface area contributed by atoms with Gasteiger partial charge in [0.2, 0.25) is 0 Å². The van der Waals surface area contributed by atoms with Crippen LogP contribution in [0.25, 0.3) is 0 Å². The molecule has 17 heavy (non-hydrogen) atoms. The van der Waals surface area contributed by atoms with Gasteiger partial charge in [-0.3, -0.25) is 0 Å². The van der Waals surface area contributed by atoms with Crippen LogP contribution in [0.4, 0.5) is 5.69 Å². The zero-order valence-electron chi connectivity index (χ0n) is 7.97. The molecular formula is C7H6AsNO8. The molecule has 0 aliphatic rings. The molecule has 0 atom stereocenters. The first-order chi connectivity index (χ1) is 7.64. The van der Waals surface area contributed by atoms with E-state index in [2.05, 4.69) is 0 Å². The van der Waals surface area contributed by atoms with Crippen LogP contribution >= 0.6 is 0 Å². The molecule has 0 fully saturated rings. The van der Waals surface area contributed by atoms with Crippen LogP contribution in [-0.2, 0) is 3.74 Å². The molecule has 4 N–H and O–H groups in total. The molecule has 0 spiro atoms. The molecule has 0 radical (unpaired) electrons. The number of hydrogen-bond acceptors (Lipinski definition) is 5. The summed E-state index contributed by atoms with van der Waals surface area (Å²) in [6.07, 6.45) is 0. The number of carbonyl (C=O) groups is 1. The van der Waals surface area contributed by atoms with E-state index in [1.54, 1.807) is 0 Å². The molecule has 0 heterocycles. The van der Waals surface area contributed by atoms with Crippen LogP contribution in [0.5, 0.6) is 5.75 Å². The van der Waals surface area contributed by atoms with Crippen LogP contribution in [0, 0.1) is 10.1 Å². The minimum atomic E-state index is -5.64. The average molecular weight is 307 g/mol. The number of phenols is 1. The third kappa shape index (κ3) is 2.64. The van der Waals surface area contributed by atoms with Crippen molar-refractivity contribution < 1.29 is 31.9 Å². The number of carboxylic acids is 1. The van der Waals surface area contributed by atoms with E-state index in [1.165, 1.54) is 0 Å². The van der Waals surface area contributed by atoms with Crippen LogP contribution in [0.3, 0.4) is 0 Å². The number of aromatic carboxylic acids is 1. The Labute approximate surface area is 96.1 Å². The van der Waals surface area contributed by atoms with Gasteiger partial charge in [-0.15, -0.1) is 0 Å². The number of benzene rings is 1. The monoisotopic (exact) mass is 307 g/mol. The van der Waals surface area contributed by atoms with Crippen LogP contribution in [0.15, 0.2) is 12.1 Å². The second kappa shape index (κ2) is 4.21. The van der Waals surface area contributed by atoms with Crippen LogP contribution < -0.4 is 4.35 Å². The van der Waals surface area contributed by atoms with Gasteiger partial charge in [-0.25, -0.2) is 0 Å². The molecule has 0 saturated carbocycles. The average Bonchev–Trinajstić information content (AvgIpc) is 2.14. The number of carboxylic acid groups (broad SMARTS) is 1. The van der Waals surface area contributed by atoms with E-state index >= 15 is 0 Å². The Balaban J connectivity index is 3.66. The summed E-state index contributed by atoms with van der Waals surface area (Å²) in [7, 11) is 0. The third-order valence-electron chi connectivity index (χ3n) is 1.83. The number of nitro benzene ring substituents is 1. The Bertz CT molecular complexity index is 547. The summed E-state index contributed by atoms with van der Waals surface area (Å²) in [4.78, 5) is 20.0. The van der Waals surface area contributed by atoms with Crippen LogP contribution in [0.1, 0.15) is 10.4 Å². The maximum absolute atomic E-state index is 11.0. The first-order valence-corrected chi connectivity index (χ1v) is 7.33. The normalized spacial score (nSPS) is 11.2. The molecule has 1 aromatic carbocycles. The van der Waals surface area contributed by atoms with Crippen LogP contribution in [-0.4, -0.2) is 43.5 Å². The summed E-state index contributed by atoms with van der Waals surface area (Å²) < 4.78 is 27.9. The summed E-state index contributed by atoms with van der Waals surface area (Å²) >= 11 is -5.64. The molecule has 1 rings (SSSR count). The van der Waals surface area contributed by atoms with Gasteiger partial charge in [-0.05, 0) is 0 Å². The number of nitrogens with zero attached hydrogens (tertiary/aromatic N) is 1. The molecule has 9 nitrogen and oxygen atoms in total. The van der Waals surface area contributed by atoms with Gasteiger partial charge >= 0.3 is 95.6 Å². The Kier molecular flexibility index (Phi) is 3.27. The van der Waals surface area contributed by atoms with Gasteiger partial charge in [0.15, 0.2) is 0 Å². The van der Waals surface area contributed by atoms with Crippen molar-refractivity contribution in [3.8, 4) is 5.75 Å². The summed E-state index contributed by atoms with van der Waals surface area (Å²) in [5, 5.41) is 28.3. The van der Waals surface area contributed by atoms with E-state index in [9.17, 15) is 18.6 Å². The number of hydrogen-bond donors (Lipinski definition) is 4. The van der Waals surface area contributed by atoms with E-state index in [1.807, 2.05) is 0 Å². The fourth-order valence-corrected chi connectivity index (χ4v) is 2.73. The molecule has 0 aliphatic heterocycles. The van der Waals surface area contributed by atoms with Gasteiger partial charge in [0.25, 0.3) is 0 Å². The van der Waals surface area contributed by atoms with Gasteiger partial charge in [-0.1, -0.05) is 0 Å². The van der Waals surface area contributed by atoms with Crippen molar-refractivity contribution in [1.82, 2.24) is 0 Å².